The highest BCUT2D eigenvalue weighted by atomic mass is 79.9. The Morgan fingerprint density at radius 1 is 1.36 bits per heavy atom. The van der Waals surface area contributed by atoms with Gasteiger partial charge in [0.15, 0.2) is 0 Å². The zero-order valence-electron chi connectivity index (χ0n) is 8.12. The fourth-order valence-electron chi connectivity index (χ4n) is 1.91. The van der Waals surface area contributed by atoms with E-state index in [9.17, 15) is 0 Å². The van der Waals surface area contributed by atoms with E-state index in [1.807, 2.05) is 0 Å². The number of nitrogens with zero attached hydrogens (tertiary/aromatic N) is 1. The summed E-state index contributed by atoms with van der Waals surface area (Å²) in [6.07, 6.45) is 2.39. The molecule has 3 heteroatoms. The number of nitrogens with two attached hydrogens (primary N) is 1. The molecule has 0 radical (unpaired) electrons. The molecule has 2 nitrogen and oxygen atoms in total. The molecule has 14 heavy (non-hydrogen) atoms. The number of rotatable bonds is 3. The second-order valence-electron chi connectivity index (χ2n) is 3.69. The van der Waals surface area contributed by atoms with Crippen LogP contribution in [0.3, 0.4) is 0 Å². The van der Waals surface area contributed by atoms with Crippen LogP contribution in [0.2, 0.25) is 0 Å². The lowest BCUT2D eigenvalue weighted by molar-refractivity contribution is 0.428. The van der Waals surface area contributed by atoms with E-state index in [2.05, 4.69) is 45.1 Å². The molecule has 0 saturated carbocycles. The van der Waals surface area contributed by atoms with E-state index in [1.165, 1.54) is 18.7 Å². The van der Waals surface area contributed by atoms with Crippen LogP contribution in [0.4, 0.5) is 5.69 Å². The van der Waals surface area contributed by atoms with Gasteiger partial charge in [0, 0.05) is 22.7 Å². The zero-order valence-corrected chi connectivity index (χ0v) is 9.70. The van der Waals surface area contributed by atoms with Crippen molar-refractivity contribution in [2.75, 3.05) is 18.0 Å². The predicted octanol–water partition coefficient (Wildman–Crippen LogP) is 2.38. The highest BCUT2D eigenvalue weighted by Gasteiger charge is 2.26. The minimum absolute atomic E-state index is 0.668. The molecular weight excluding hydrogens is 240 g/mol. The Labute approximate surface area is 93.2 Å². The first-order valence-corrected chi connectivity index (χ1v) is 5.83. The molecule has 0 aliphatic carbocycles. The first-order valence-electron chi connectivity index (χ1n) is 5.03. The maximum atomic E-state index is 5.57. The molecule has 76 valence electrons. The highest BCUT2D eigenvalue weighted by molar-refractivity contribution is 9.10. The molecule has 2 rings (SSSR count). The molecule has 0 spiro atoms. The Hall–Kier alpha value is -0.540. The van der Waals surface area contributed by atoms with Crippen molar-refractivity contribution >= 4 is 21.6 Å². The van der Waals surface area contributed by atoms with Crippen LogP contribution in [-0.4, -0.2) is 19.1 Å². The Morgan fingerprint density at radius 2 is 2.07 bits per heavy atom. The fourth-order valence-corrected chi connectivity index (χ4v) is 2.17. The molecule has 0 aromatic heterocycles. The van der Waals surface area contributed by atoms with Crippen molar-refractivity contribution in [3.05, 3.63) is 28.7 Å². The van der Waals surface area contributed by atoms with Crippen LogP contribution in [0.15, 0.2) is 28.7 Å². The number of halogens is 1. The van der Waals surface area contributed by atoms with E-state index >= 15 is 0 Å². The molecule has 1 atom stereocenters. The Balaban J connectivity index is 2.04. The average molecular weight is 255 g/mol. The normalized spacial score (nSPS) is 20.7. The molecule has 1 aliphatic rings. The summed E-state index contributed by atoms with van der Waals surface area (Å²) in [6, 6.07) is 9.17. The van der Waals surface area contributed by atoms with Crippen molar-refractivity contribution in [1.29, 1.82) is 0 Å². The van der Waals surface area contributed by atoms with Gasteiger partial charge in [0.05, 0.1) is 0 Å². The molecule has 2 N–H and O–H groups in total. The Kier molecular flexibility index (Phi) is 3.08. The molecular formula is C11H15BrN2. The predicted molar refractivity (Wildman–Crippen MR) is 63.6 cm³/mol. The molecule has 1 saturated heterocycles. The van der Waals surface area contributed by atoms with Crippen molar-refractivity contribution in [1.82, 2.24) is 0 Å². The molecule has 1 aliphatic heterocycles. The van der Waals surface area contributed by atoms with E-state index in [1.54, 1.807) is 0 Å². The number of benzene rings is 1. The van der Waals surface area contributed by atoms with Gasteiger partial charge in [0.1, 0.15) is 0 Å². The minimum Gasteiger partial charge on any atom is -0.368 e. The molecule has 1 aromatic carbocycles. The molecule has 1 unspecified atom stereocenters. The van der Waals surface area contributed by atoms with Gasteiger partial charge in [0.2, 0.25) is 0 Å². The van der Waals surface area contributed by atoms with E-state index < -0.39 is 0 Å². The maximum absolute atomic E-state index is 5.57. The molecule has 1 heterocycles. The first-order chi connectivity index (χ1) is 6.81. The van der Waals surface area contributed by atoms with Crippen LogP contribution in [-0.2, 0) is 0 Å². The van der Waals surface area contributed by atoms with E-state index in [0.29, 0.717) is 6.04 Å². The number of anilines is 1. The van der Waals surface area contributed by atoms with Gasteiger partial charge in [-0.15, -0.1) is 0 Å². The van der Waals surface area contributed by atoms with Crippen molar-refractivity contribution in [3.63, 3.8) is 0 Å². The van der Waals surface area contributed by atoms with Crippen LogP contribution in [0, 0.1) is 0 Å². The second-order valence-corrected chi connectivity index (χ2v) is 4.61. The van der Waals surface area contributed by atoms with Gasteiger partial charge in [-0.1, -0.05) is 15.9 Å². The maximum Gasteiger partial charge on any atom is 0.0369 e. The second kappa shape index (κ2) is 4.32. The summed E-state index contributed by atoms with van der Waals surface area (Å²) >= 11 is 3.44. The number of hydrogen-bond donors (Lipinski definition) is 1. The van der Waals surface area contributed by atoms with Crippen molar-refractivity contribution in [2.45, 2.75) is 18.9 Å². The van der Waals surface area contributed by atoms with Gasteiger partial charge in [-0.05, 0) is 43.7 Å². The van der Waals surface area contributed by atoms with E-state index in [-0.39, 0.29) is 0 Å². The van der Waals surface area contributed by atoms with Crippen LogP contribution >= 0.6 is 15.9 Å². The third-order valence-corrected chi connectivity index (χ3v) is 3.33. The van der Waals surface area contributed by atoms with Gasteiger partial charge in [-0.2, -0.15) is 0 Å². The van der Waals surface area contributed by atoms with Crippen molar-refractivity contribution < 1.29 is 0 Å². The highest BCUT2D eigenvalue weighted by Crippen LogP contribution is 2.28. The van der Waals surface area contributed by atoms with Crippen molar-refractivity contribution in [2.24, 2.45) is 5.73 Å². The van der Waals surface area contributed by atoms with Gasteiger partial charge in [-0.3, -0.25) is 0 Å². The SMILES string of the molecule is NCCC1CCN1c1ccc(Br)cc1. The standard InChI is InChI=1S/C11H15BrN2/c12-9-1-3-10(4-2-9)14-8-6-11(14)5-7-13/h1-4,11H,5-8,13H2. The largest absolute Gasteiger partial charge is 0.368 e. The van der Waals surface area contributed by atoms with Crippen LogP contribution in [0.25, 0.3) is 0 Å². The third kappa shape index (κ3) is 1.93. The lowest BCUT2D eigenvalue weighted by atomic mass is 9.98. The lowest BCUT2D eigenvalue weighted by Crippen LogP contribution is -2.48. The van der Waals surface area contributed by atoms with E-state index in [4.69, 9.17) is 5.73 Å². The minimum atomic E-state index is 0.668. The van der Waals surface area contributed by atoms with Crippen molar-refractivity contribution in [3.8, 4) is 0 Å². The number of hydrogen-bond acceptors (Lipinski definition) is 2. The van der Waals surface area contributed by atoms with Crippen LogP contribution in [0.1, 0.15) is 12.8 Å². The summed E-state index contributed by atoms with van der Waals surface area (Å²) in [4.78, 5) is 2.43. The lowest BCUT2D eigenvalue weighted by Gasteiger charge is -2.43. The van der Waals surface area contributed by atoms with Gasteiger partial charge in [-0.25, -0.2) is 0 Å². The molecule has 1 aromatic rings. The Morgan fingerprint density at radius 3 is 2.57 bits per heavy atom. The quantitative estimate of drug-likeness (QED) is 0.898. The topological polar surface area (TPSA) is 29.3 Å². The average Bonchev–Trinajstić information content (AvgIpc) is 2.16. The van der Waals surface area contributed by atoms with Crippen LogP contribution < -0.4 is 10.6 Å². The summed E-state index contributed by atoms with van der Waals surface area (Å²) in [7, 11) is 0. The van der Waals surface area contributed by atoms with Gasteiger partial charge in [0.25, 0.3) is 0 Å². The summed E-state index contributed by atoms with van der Waals surface area (Å²) in [5.74, 6) is 0. The van der Waals surface area contributed by atoms with Gasteiger partial charge < -0.3 is 10.6 Å². The molecule has 0 amide bonds. The Bertz CT molecular complexity index is 297. The van der Waals surface area contributed by atoms with Gasteiger partial charge >= 0.3 is 0 Å². The molecule has 1 fully saturated rings. The summed E-state index contributed by atoms with van der Waals surface area (Å²) in [6.45, 7) is 1.96. The fraction of sp³-hybridized carbons (Fsp3) is 0.455. The van der Waals surface area contributed by atoms with Crippen LogP contribution in [0.5, 0.6) is 0 Å². The summed E-state index contributed by atoms with van der Waals surface area (Å²) in [5.41, 5.74) is 6.89. The first kappa shape index (κ1) is 9.99. The van der Waals surface area contributed by atoms with E-state index in [0.717, 1.165) is 17.4 Å². The smallest absolute Gasteiger partial charge is 0.0369 e. The summed E-state index contributed by atoms with van der Waals surface area (Å²) < 4.78 is 1.14. The third-order valence-electron chi connectivity index (χ3n) is 2.80. The summed E-state index contributed by atoms with van der Waals surface area (Å²) in [5, 5.41) is 0. The molecule has 0 bridgehead atoms. The zero-order chi connectivity index (χ0) is 9.97. The monoisotopic (exact) mass is 254 g/mol.